The Kier molecular flexibility index (Phi) is 8.10. The van der Waals surface area contributed by atoms with Crippen molar-refractivity contribution in [1.29, 1.82) is 0 Å². The Hall–Kier alpha value is 0.460. The van der Waals surface area contributed by atoms with Gasteiger partial charge in [-0.2, -0.15) is 0 Å². The van der Waals surface area contributed by atoms with Crippen LogP contribution in [0.4, 0.5) is 0 Å². The van der Waals surface area contributed by atoms with Crippen LogP contribution in [0, 0.1) is 0 Å². The maximum Gasteiger partial charge on any atom is 0.0935 e. The summed E-state index contributed by atoms with van der Waals surface area (Å²) in [6, 6.07) is 0. The summed E-state index contributed by atoms with van der Waals surface area (Å²) in [4.78, 5) is 2.31. The predicted molar refractivity (Wildman–Crippen MR) is 56.0 cm³/mol. The average Bonchev–Trinajstić information content (AvgIpc) is 2.06. The summed E-state index contributed by atoms with van der Waals surface area (Å²) in [6.07, 6.45) is 0.229. The highest BCUT2D eigenvalue weighted by atomic mass is 35.5. The van der Waals surface area contributed by atoms with Crippen molar-refractivity contribution in [2.24, 2.45) is 0 Å². The molecule has 13 heavy (non-hydrogen) atoms. The number of halogens is 2. The van der Waals surface area contributed by atoms with E-state index < -0.39 is 0 Å². The zero-order chi connectivity index (χ0) is 8.81. The van der Waals surface area contributed by atoms with E-state index in [1.54, 1.807) is 7.11 Å². The van der Waals surface area contributed by atoms with Crippen molar-refractivity contribution >= 4 is 24.0 Å². The first-order chi connectivity index (χ1) is 5.86. The molecule has 1 aliphatic rings. The quantitative estimate of drug-likeness (QED) is 0.672. The summed E-state index contributed by atoms with van der Waals surface area (Å²) in [5, 5.41) is 0. The Morgan fingerprint density at radius 1 is 1.62 bits per heavy atom. The summed E-state index contributed by atoms with van der Waals surface area (Å²) in [6.45, 7) is 4.36. The number of rotatable bonds is 4. The van der Waals surface area contributed by atoms with Crippen LogP contribution in [-0.4, -0.2) is 56.8 Å². The van der Waals surface area contributed by atoms with E-state index in [-0.39, 0.29) is 18.5 Å². The van der Waals surface area contributed by atoms with E-state index >= 15 is 0 Å². The maximum absolute atomic E-state index is 5.65. The highest BCUT2D eigenvalue weighted by Gasteiger charge is 2.19. The molecule has 0 aromatic carbocycles. The summed E-state index contributed by atoms with van der Waals surface area (Å²) >= 11 is 5.65. The molecule has 1 fully saturated rings. The van der Waals surface area contributed by atoms with Gasteiger partial charge in [-0.05, 0) is 0 Å². The number of hydrogen-bond acceptors (Lipinski definition) is 3. The van der Waals surface area contributed by atoms with Gasteiger partial charge in [-0.3, -0.25) is 4.90 Å². The summed E-state index contributed by atoms with van der Waals surface area (Å²) < 4.78 is 10.5. The molecule has 0 saturated carbocycles. The fourth-order valence-corrected chi connectivity index (χ4v) is 1.63. The molecule has 80 valence electrons. The number of morpholine rings is 1. The van der Waals surface area contributed by atoms with E-state index in [1.165, 1.54) is 0 Å². The average molecular weight is 230 g/mol. The van der Waals surface area contributed by atoms with E-state index in [4.69, 9.17) is 21.1 Å². The topological polar surface area (TPSA) is 21.7 Å². The third kappa shape index (κ3) is 5.03. The van der Waals surface area contributed by atoms with Gasteiger partial charge >= 0.3 is 0 Å². The van der Waals surface area contributed by atoms with Crippen LogP contribution in [-0.2, 0) is 9.47 Å². The molecule has 0 amide bonds. The molecule has 0 aromatic rings. The third-order valence-electron chi connectivity index (χ3n) is 1.98. The second-order valence-electron chi connectivity index (χ2n) is 2.94. The third-order valence-corrected chi connectivity index (χ3v) is 2.15. The highest BCUT2D eigenvalue weighted by Crippen LogP contribution is 2.05. The predicted octanol–water partition coefficient (Wildman–Crippen LogP) is 0.994. The molecule has 3 nitrogen and oxygen atoms in total. The maximum atomic E-state index is 5.65. The largest absolute Gasteiger partial charge is 0.382 e. The van der Waals surface area contributed by atoms with Crippen LogP contribution >= 0.6 is 24.0 Å². The van der Waals surface area contributed by atoms with Crippen molar-refractivity contribution in [3.8, 4) is 0 Å². The van der Waals surface area contributed by atoms with Crippen molar-refractivity contribution in [2.45, 2.75) is 6.10 Å². The van der Waals surface area contributed by atoms with Crippen LogP contribution in [0.1, 0.15) is 0 Å². The first-order valence-electron chi connectivity index (χ1n) is 4.25. The minimum atomic E-state index is 0. The van der Waals surface area contributed by atoms with Gasteiger partial charge in [-0.1, -0.05) is 0 Å². The summed E-state index contributed by atoms with van der Waals surface area (Å²) in [5.74, 6) is 0.694. The fourth-order valence-electron chi connectivity index (χ4n) is 1.39. The van der Waals surface area contributed by atoms with Crippen molar-refractivity contribution in [1.82, 2.24) is 4.90 Å². The standard InChI is InChI=1S/C8H16ClNO2.ClH/c1-11-7-8-6-10(3-2-9)4-5-12-8;/h8H,2-7H2,1H3;1H/t8-;/m1./s1. The smallest absolute Gasteiger partial charge is 0.0935 e. The Bertz CT molecular complexity index is 111. The molecule has 0 unspecified atom stereocenters. The van der Waals surface area contributed by atoms with E-state index in [9.17, 15) is 0 Å². The summed E-state index contributed by atoms with van der Waals surface area (Å²) in [5.41, 5.74) is 0. The number of nitrogens with zero attached hydrogens (tertiary/aromatic N) is 1. The normalized spacial score (nSPS) is 24.0. The van der Waals surface area contributed by atoms with Crippen molar-refractivity contribution < 1.29 is 9.47 Å². The Morgan fingerprint density at radius 2 is 2.38 bits per heavy atom. The van der Waals surface area contributed by atoms with Gasteiger partial charge < -0.3 is 9.47 Å². The van der Waals surface area contributed by atoms with Crippen LogP contribution in [0.3, 0.4) is 0 Å². The first kappa shape index (κ1) is 13.5. The van der Waals surface area contributed by atoms with Crippen LogP contribution in [0.25, 0.3) is 0 Å². The van der Waals surface area contributed by atoms with E-state index in [0.717, 1.165) is 26.2 Å². The molecule has 0 N–H and O–H groups in total. The monoisotopic (exact) mass is 229 g/mol. The van der Waals surface area contributed by atoms with E-state index in [0.29, 0.717) is 12.5 Å². The molecule has 1 rings (SSSR count). The van der Waals surface area contributed by atoms with Gasteiger partial charge in [0.2, 0.25) is 0 Å². The molecule has 0 bridgehead atoms. The van der Waals surface area contributed by atoms with Gasteiger partial charge in [0, 0.05) is 32.6 Å². The number of ether oxygens (including phenoxy) is 2. The molecule has 1 aliphatic heterocycles. The van der Waals surface area contributed by atoms with E-state index in [2.05, 4.69) is 4.90 Å². The van der Waals surface area contributed by atoms with Gasteiger partial charge in [0.15, 0.2) is 0 Å². The van der Waals surface area contributed by atoms with Gasteiger partial charge in [0.05, 0.1) is 19.3 Å². The molecular formula is C8H17Cl2NO2. The lowest BCUT2D eigenvalue weighted by Crippen LogP contribution is -2.44. The zero-order valence-electron chi connectivity index (χ0n) is 7.87. The minimum Gasteiger partial charge on any atom is -0.382 e. The van der Waals surface area contributed by atoms with Gasteiger partial charge in [-0.15, -0.1) is 24.0 Å². The minimum absolute atomic E-state index is 0. The molecule has 5 heteroatoms. The molecule has 1 saturated heterocycles. The fraction of sp³-hybridized carbons (Fsp3) is 1.00. The van der Waals surface area contributed by atoms with Gasteiger partial charge in [0.25, 0.3) is 0 Å². The summed E-state index contributed by atoms with van der Waals surface area (Å²) in [7, 11) is 1.70. The van der Waals surface area contributed by atoms with Crippen molar-refractivity contribution in [2.75, 3.05) is 45.8 Å². The molecule has 1 atom stereocenters. The molecule has 0 radical (unpaired) electrons. The second-order valence-corrected chi connectivity index (χ2v) is 3.32. The Morgan fingerprint density at radius 3 is 3.00 bits per heavy atom. The van der Waals surface area contributed by atoms with Crippen LogP contribution in [0.2, 0.25) is 0 Å². The SMILES string of the molecule is COC[C@H]1CN(CCCl)CCO1.Cl. The van der Waals surface area contributed by atoms with Crippen molar-refractivity contribution in [3.63, 3.8) is 0 Å². The molecule has 0 aliphatic carbocycles. The van der Waals surface area contributed by atoms with E-state index in [1.807, 2.05) is 0 Å². The lowest BCUT2D eigenvalue weighted by Gasteiger charge is -2.31. The zero-order valence-corrected chi connectivity index (χ0v) is 9.44. The molecule has 0 aromatic heterocycles. The number of methoxy groups -OCH3 is 1. The van der Waals surface area contributed by atoms with Gasteiger partial charge in [-0.25, -0.2) is 0 Å². The first-order valence-corrected chi connectivity index (χ1v) is 4.79. The highest BCUT2D eigenvalue weighted by molar-refractivity contribution is 6.18. The van der Waals surface area contributed by atoms with Crippen LogP contribution in [0.5, 0.6) is 0 Å². The number of alkyl halides is 1. The lowest BCUT2D eigenvalue weighted by molar-refractivity contribution is -0.0593. The number of hydrogen-bond donors (Lipinski definition) is 0. The molecule has 1 heterocycles. The lowest BCUT2D eigenvalue weighted by atomic mass is 10.3. The second kappa shape index (κ2) is 7.83. The Balaban J connectivity index is 0.00000144. The molecular weight excluding hydrogens is 213 g/mol. The van der Waals surface area contributed by atoms with Crippen molar-refractivity contribution in [3.05, 3.63) is 0 Å². The Labute approximate surface area is 90.7 Å². The van der Waals surface area contributed by atoms with Crippen LogP contribution < -0.4 is 0 Å². The van der Waals surface area contributed by atoms with Crippen LogP contribution in [0.15, 0.2) is 0 Å². The molecule has 0 spiro atoms. The van der Waals surface area contributed by atoms with Gasteiger partial charge in [0.1, 0.15) is 0 Å².